The van der Waals surface area contributed by atoms with E-state index in [1.54, 1.807) is 30.3 Å². The van der Waals surface area contributed by atoms with Crippen molar-refractivity contribution in [2.45, 2.75) is 0 Å². The number of hydrogen-bond donors (Lipinski definition) is 3. The number of nitrogens with two attached hydrogens (primary N) is 1. The van der Waals surface area contributed by atoms with Crippen LogP contribution in [0.2, 0.25) is 0 Å². The van der Waals surface area contributed by atoms with Crippen LogP contribution in [0.25, 0.3) is 0 Å². The molecule has 8 nitrogen and oxygen atoms in total. The van der Waals surface area contributed by atoms with Crippen molar-refractivity contribution in [3.63, 3.8) is 0 Å². The Hall–Kier alpha value is -3.91. The molecule has 0 aliphatic carbocycles. The third kappa shape index (κ3) is 13.0. The molecule has 3 aromatic carbocycles. The van der Waals surface area contributed by atoms with Gasteiger partial charge in [-0.25, -0.2) is 4.79 Å². The normalized spacial score (nSPS) is 8.38. The van der Waals surface area contributed by atoms with Crippen LogP contribution in [-0.2, 0) is 4.74 Å². The van der Waals surface area contributed by atoms with E-state index in [1.165, 1.54) is 19.2 Å². The number of amides is 1. The van der Waals surface area contributed by atoms with Crippen molar-refractivity contribution < 1.29 is 19.6 Å². The van der Waals surface area contributed by atoms with Gasteiger partial charge in [0.2, 0.25) is 0 Å². The Kier molecular flexibility index (Phi) is 14.1. The molecule has 3 rings (SSSR count). The standard InChI is InChI=1S/C8H9NO2.C6H5NO2.C6H7N.CH4O/c1-11-8(10)9-7-5-3-2-4-6-7;8-7(9)6-4-2-1-3-5-6;7-6-4-2-1-3-5-6;1-2/h2-6H,1H3,(H,9,10);1-5H;1-5H,7H2;2H,1H3. The highest BCUT2D eigenvalue weighted by atomic mass is 16.6. The highest BCUT2D eigenvalue weighted by Crippen LogP contribution is 2.07. The quantitative estimate of drug-likeness (QED) is 0.334. The first kappa shape index (κ1) is 25.1. The topological polar surface area (TPSA) is 128 Å². The molecule has 154 valence electrons. The lowest BCUT2D eigenvalue weighted by Crippen LogP contribution is -2.10. The third-order valence-corrected chi connectivity index (χ3v) is 2.97. The number of methoxy groups -OCH3 is 1. The van der Waals surface area contributed by atoms with Crippen molar-refractivity contribution in [1.29, 1.82) is 0 Å². The van der Waals surface area contributed by atoms with Crippen LogP contribution in [0.1, 0.15) is 0 Å². The van der Waals surface area contributed by atoms with E-state index in [1.807, 2.05) is 48.5 Å². The summed E-state index contributed by atoms with van der Waals surface area (Å²) in [7, 11) is 2.33. The molecule has 0 aliphatic heterocycles. The van der Waals surface area contributed by atoms with Crippen LogP contribution in [0, 0.1) is 10.1 Å². The monoisotopic (exact) mass is 399 g/mol. The van der Waals surface area contributed by atoms with Crippen LogP contribution in [-0.4, -0.2) is 30.3 Å². The summed E-state index contributed by atoms with van der Waals surface area (Å²) in [6, 6.07) is 26.6. The minimum absolute atomic E-state index is 0.137. The lowest BCUT2D eigenvalue weighted by Gasteiger charge is -2.01. The summed E-state index contributed by atoms with van der Waals surface area (Å²) in [5, 5.41) is 19.5. The second kappa shape index (κ2) is 16.3. The number of carbonyl (C=O) groups is 1. The van der Waals surface area contributed by atoms with Crippen molar-refractivity contribution in [3.8, 4) is 0 Å². The van der Waals surface area contributed by atoms with Crippen molar-refractivity contribution in [2.75, 3.05) is 25.3 Å². The Morgan fingerprint density at radius 3 is 1.62 bits per heavy atom. The van der Waals surface area contributed by atoms with E-state index in [-0.39, 0.29) is 5.69 Å². The number of aliphatic hydroxyl groups excluding tert-OH is 1. The number of carbonyl (C=O) groups excluding carboxylic acids is 1. The first-order valence-electron chi connectivity index (χ1n) is 8.37. The number of non-ortho nitro benzene ring substituents is 1. The highest BCUT2D eigenvalue weighted by Gasteiger charge is 1.98. The van der Waals surface area contributed by atoms with E-state index in [0.29, 0.717) is 0 Å². The molecular weight excluding hydrogens is 374 g/mol. The predicted octanol–water partition coefficient (Wildman–Crippen LogP) is 4.34. The van der Waals surface area contributed by atoms with Gasteiger partial charge >= 0.3 is 6.09 Å². The molecular formula is C21H25N3O5. The molecule has 29 heavy (non-hydrogen) atoms. The largest absolute Gasteiger partial charge is 0.453 e. The number of aliphatic hydroxyl groups is 1. The number of ether oxygens (including phenoxy) is 1. The van der Waals surface area contributed by atoms with Crippen LogP contribution >= 0.6 is 0 Å². The molecule has 0 aromatic heterocycles. The smallest absolute Gasteiger partial charge is 0.411 e. The maximum absolute atomic E-state index is 10.6. The molecule has 8 heteroatoms. The highest BCUT2D eigenvalue weighted by molar-refractivity contribution is 5.84. The maximum Gasteiger partial charge on any atom is 0.411 e. The molecule has 0 unspecified atom stereocenters. The summed E-state index contributed by atoms with van der Waals surface area (Å²) in [6.45, 7) is 0. The lowest BCUT2D eigenvalue weighted by atomic mass is 10.3. The van der Waals surface area contributed by atoms with Gasteiger partial charge in [-0.1, -0.05) is 54.6 Å². The van der Waals surface area contributed by atoms with Gasteiger partial charge in [0.1, 0.15) is 0 Å². The lowest BCUT2D eigenvalue weighted by molar-refractivity contribution is -0.384. The van der Waals surface area contributed by atoms with Crippen LogP contribution < -0.4 is 11.1 Å². The van der Waals surface area contributed by atoms with E-state index in [4.69, 9.17) is 10.8 Å². The molecule has 0 spiro atoms. The molecule has 0 aliphatic rings. The fourth-order valence-corrected chi connectivity index (χ4v) is 1.69. The van der Waals surface area contributed by atoms with Gasteiger partial charge < -0.3 is 15.6 Å². The number of nitrogens with zero attached hydrogens (tertiary/aromatic N) is 1. The van der Waals surface area contributed by atoms with Gasteiger partial charge in [0.25, 0.3) is 5.69 Å². The molecule has 0 heterocycles. The fourth-order valence-electron chi connectivity index (χ4n) is 1.69. The number of nitro groups is 1. The Balaban J connectivity index is 0.000000397. The van der Waals surface area contributed by atoms with Crippen molar-refractivity contribution in [3.05, 3.63) is 101 Å². The molecule has 0 saturated heterocycles. The zero-order valence-electron chi connectivity index (χ0n) is 16.3. The van der Waals surface area contributed by atoms with Gasteiger partial charge in [-0.15, -0.1) is 0 Å². The second-order valence-corrected chi connectivity index (χ2v) is 4.99. The van der Waals surface area contributed by atoms with E-state index < -0.39 is 11.0 Å². The van der Waals surface area contributed by atoms with Crippen molar-refractivity contribution >= 4 is 23.2 Å². The van der Waals surface area contributed by atoms with Gasteiger partial charge in [0.05, 0.1) is 12.0 Å². The number of benzene rings is 3. The zero-order valence-corrected chi connectivity index (χ0v) is 16.3. The van der Waals surface area contributed by atoms with Gasteiger partial charge in [-0.3, -0.25) is 15.4 Å². The van der Waals surface area contributed by atoms with Crippen LogP contribution in [0.5, 0.6) is 0 Å². The van der Waals surface area contributed by atoms with E-state index in [0.717, 1.165) is 18.5 Å². The van der Waals surface area contributed by atoms with Crippen molar-refractivity contribution in [1.82, 2.24) is 0 Å². The molecule has 0 atom stereocenters. The van der Waals surface area contributed by atoms with Crippen molar-refractivity contribution in [2.24, 2.45) is 0 Å². The first-order chi connectivity index (χ1) is 14.0. The molecule has 3 aromatic rings. The number of nitro benzene ring substituents is 1. The maximum atomic E-state index is 10.6. The minimum Gasteiger partial charge on any atom is -0.453 e. The predicted molar refractivity (Wildman–Crippen MR) is 115 cm³/mol. The molecule has 0 radical (unpaired) electrons. The Bertz CT molecular complexity index is 800. The minimum atomic E-state index is -0.448. The number of rotatable bonds is 2. The summed E-state index contributed by atoms with van der Waals surface area (Å²) >= 11 is 0. The molecule has 0 fully saturated rings. The summed E-state index contributed by atoms with van der Waals surface area (Å²) < 4.78 is 4.40. The van der Waals surface area contributed by atoms with E-state index in [2.05, 4.69) is 10.1 Å². The van der Waals surface area contributed by atoms with Gasteiger partial charge in [0, 0.05) is 30.6 Å². The number of anilines is 2. The summed E-state index contributed by atoms with van der Waals surface area (Å²) in [6.07, 6.45) is -0.448. The van der Waals surface area contributed by atoms with Crippen LogP contribution in [0.15, 0.2) is 91.0 Å². The first-order valence-corrected chi connectivity index (χ1v) is 8.37. The Labute approximate surface area is 169 Å². The zero-order chi connectivity index (χ0) is 21.9. The Morgan fingerprint density at radius 2 is 1.31 bits per heavy atom. The molecule has 4 N–H and O–H groups in total. The third-order valence-electron chi connectivity index (χ3n) is 2.97. The van der Waals surface area contributed by atoms with Gasteiger partial charge in [0.15, 0.2) is 0 Å². The Morgan fingerprint density at radius 1 is 0.897 bits per heavy atom. The van der Waals surface area contributed by atoms with Gasteiger partial charge in [-0.2, -0.15) is 0 Å². The van der Waals surface area contributed by atoms with E-state index in [9.17, 15) is 14.9 Å². The SMILES string of the molecule is CO.COC(=O)Nc1ccccc1.Nc1ccccc1.O=[N+]([O-])c1ccccc1. The second-order valence-electron chi connectivity index (χ2n) is 4.99. The number of para-hydroxylation sites is 3. The van der Waals surface area contributed by atoms with Crippen LogP contribution in [0.4, 0.5) is 21.9 Å². The fraction of sp³-hybridized carbons (Fsp3) is 0.0952. The van der Waals surface area contributed by atoms with E-state index >= 15 is 0 Å². The molecule has 1 amide bonds. The van der Waals surface area contributed by atoms with Crippen LogP contribution in [0.3, 0.4) is 0 Å². The number of nitrogens with one attached hydrogen (secondary N) is 1. The summed E-state index contributed by atoms with van der Waals surface area (Å²) in [5.74, 6) is 0. The number of nitrogen functional groups attached to an aromatic ring is 1. The average Bonchev–Trinajstić information content (AvgIpc) is 2.78. The molecule has 0 saturated carbocycles. The average molecular weight is 399 g/mol. The van der Waals surface area contributed by atoms with Gasteiger partial charge in [-0.05, 0) is 24.3 Å². The molecule has 0 bridgehead atoms. The summed E-state index contributed by atoms with van der Waals surface area (Å²) in [4.78, 5) is 20.2. The summed E-state index contributed by atoms with van der Waals surface area (Å²) in [5.41, 5.74) is 7.05. The number of hydrogen-bond acceptors (Lipinski definition) is 6.